The minimum atomic E-state index is 0.778. The van der Waals surface area contributed by atoms with Crippen LogP contribution in [0.15, 0.2) is 17.0 Å². The van der Waals surface area contributed by atoms with E-state index in [1.165, 1.54) is 6.39 Å². The average Bonchev–Trinajstić information content (AvgIpc) is 2.50. The highest BCUT2D eigenvalue weighted by atomic mass is 32.2. The van der Waals surface area contributed by atoms with Crippen molar-refractivity contribution >= 4 is 11.8 Å². The number of hydrogen-bond acceptors (Lipinski definition) is 4. The largest absolute Gasteiger partial charge is 0.447 e. The lowest BCUT2D eigenvalue weighted by molar-refractivity contribution is 0.484. The molecule has 0 bridgehead atoms. The van der Waals surface area contributed by atoms with Gasteiger partial charge in [-0.05, 0) is 6.26 Å². The van der Waals surface area contributed by atoms with Crippen molar-refractivity contribution in [3.05, 3.63) is 18.4 Å². The van der Waals surface area contributed by atoms with E-state index in [4.69, 9.17) is 4.42 Å². The first-order valence-corrected chi connectivity index (χ1v) is 4.90. The van der Waals surface area contributed by atoms with Gasteiger partial charge in [-0.2, -0.15) is 11.8 Å². The minimum Gasteiger partial charge on any atom is -0.447 e. The standard InChI is InChI=1S/C7H12N2OS/c1-11-3-2-8-4-7-5-9-6-10-7/h5-6,8H,2-4H2,1H3. The zero-order valence-corrected chi connectivity index (χ0v) is 7.36. The monoisotopic (exact) mass is 172 g/mol. The molecule has 0 saturated heterocycles. The highest BCUT2D eigenvalue weighted by molar-refractivity contribution is 7.98. The Balaban J connectivity index is 2.04. The molecule has 0 fully saturated rings. The molecule has 3 nitrogen and oxygen atoms in total. The van der Waals surface area contributed by atoms with Gasteiger partial charge in [-0.1, -0.05) is 0 Å². The van der Waals surface area contributed by atoms with E-state index in [-0.39, 0.29) is 0 Å². The van der Waals surface area contributed by atoms with Gasteiger partial charge < -0.3 is 9.73 Å². The van der Waals surface area contributed by atoms with E-state index >= 15 is 0 Å². The van der Waals surface area contributed by atoms with Crippen LogP contribution in [0.5, 0.6) is 0 Å². The summed E-state index contributed by atoms with van der Waals surface area (Å²) in [4.78, 5) is 3.81. The molecule has 0 atom stereocenters. The molecule has 1 heterocycles. The molecule has 0 saturated carbocycles. The van der Waals surface area contributed by atoms with Crippen LogP contribution in [0.25, 0.3) is 0 Å². The Hall–Kier alpha value is -0.480. The third-order valence-corrected chi connectivity index (χ3v) is 1.88. The van der Waals surface area contributed by atoms with Gasteiger partial charge in [0, 0.05) is 12.3 Å². The van der Waals surface area contributed by atoms with E-state index in [9.17, 15) is 0 Å². The second kappa shape index (κ2) is 5.21. The first-order chi connectivity index (χ1) is 5.43. The molecule has 4 heteroatoms. The van der Waals surface area contributed by atoms with Gasteiger partial charge >= 0.3 is 0 Å². The minimum absolute atomic E-state index is 0.778. The summed E-state index contributed by atoms with van der Waals surface area (Å²) >= 11 is 1.83. The summed E-state index contributed by atoms with van der Waals surface area (Å²) in [5.41, 5.74) is 0. The number of thioether (sulfide) groups is 1. The van der Waals surface area contributed by atoms with E-state index in [2.05, 4.69) is 16.6 Å². The molecule has 0 unspecified atom stereocenters. The van der Waals surface area contributed by atoms with Crippen LogP contribution in [-0.4, -0.2) is 23.5 Å². The van der Waals surface area contributed by atoms with Crippen molar-refractivity contribution in [2.24, 2.45) is 0 Å². The van der Waals surface area contributed by atoms with Gasteiger partial charge in [0.2, 0.25) is 0 Å². The van der Waals surface area contributed by atoms with Gasteiger partial charge in [-0.25, -0.2) is 4.98 Å². The fraction of sp³-hybridized carbons (Fsp3) is 0.571. The second-order valence-corrected chi connectivity index (χ2v) is 3.12. The summed E-state index contributed by atoms with van der Waals surface area (Å²) < 4.78 is 5.03. The van der Waals surface area contributed by atoms with Crippen LogP contribution in [0.3, 0.4) is 0 Å². The zero-order valence-electron chi connectivity index (χ0n) is 6.54. The van der Waals surface area contributed by atoms with E-state index < -0.39 is 0 Å². The predicted octanol–water partition coefficient (Wildman–Crippen LogP) is 1.13. The molecule has 0 aromatic carbocycles. The number of oxazole rings is 1. The van der Waals surface area contributed by atoms with Crippen molar-refractivity contribution in [3.8, 4) is 0 Å². The van der Waals surface area contributed by atoms with Crippen LogP contribution < -0.4 is 5.32 Å². The molecule has 0 spiro atoms. The maximum absolute atomic E-state index is 5.03. The fourth-order valence-electron chi connectivity index (χ4n) is 0.715. The molecule has 1 aromatic heterocycles. The predicted molar refractivity (Wildman–Crippen MR) is 46.6 cm³/mol. The molecular weight excluding hydrogens is 160 g/mol. The van der Waals surface area contributed by atoms with Crippen molar-refractivity contribution < 1.29 is 4.42 Å². The molecule has 0 aliphatic rings. The highest BCUT2D eigenvalue weighted by Crippen LogP contribution is 1.95. The maximum atomic E-state index is 5.03. The lowest BCUT2D eigenvalue weighted by atomic mass is 10.5. The van der Waals surface area contributed by atoms with Crippen LogP contribution in [-0.2, 0) is 6.54 Å². The molecule has 0 radical (unpaired) electrons. The number of hydrogen-bond donors (Lipinski definition) is 1. The smallest absolute Gasteiger partial charge is 0.180 e. The molecule has 0 aliphatic carbocycles. The Labute approximate surface area is 70.6 Å². The summed E-state index contributed by atoms with van der Waals surface area (Å²) in [6.07, 6.45) is 5.27. The third kappa shape index (κ3) is 3.43. The summed E-state index contributed by atoms with van der Waals surface area (Å²) in [6.45, 7) is 1.79. The lowest BCUT2D eigenvalue weighted by Crippen LogP contribution is -2.15. The second-order valence-electron chi connectivity index (χ2n) is 2.14. The number of nitrogens with zero attached hydrogens (tertiary/aromatic N) is 1. The van der Waals surface area contributed by atoms with Crippen LogP contribution in [0.2, 0.25) is 0 Å². The van der Waals surface area contributed by atoms with Crippen LogP contribution in [0.4, 0.5) is 0 Å². The lowest BCUT2D eigenvalue weighted by Gasteiger charge is -1.98. The molecule has 0 aliphatic heterocycles. The van der Waals surface area contributed by atoms with Crippen molar-refractivity contribution in [1.29, 1.82) is 0 Å². The number of rotatable bonds is 5. The van der Waals surface area contributed by atoms with Crippen LogP contribution in [0, 0.1) is 0 Å². The summed E-state index contributed by atoms with van der Waals surface area (Å²) in [5.74, 6) is 2.03. The number of aromatic nitrogens is 1. The van der Waals surface area contributed by atoms with Gasteiger partial charge in [-0.3, -0.25) is 0 Å². The quantitative estimate of drug-likeness (QED) is 0.676. The molecule has 1 rings (SSSR count). The summed E-state index contributed by atoms with van der Waals surface area (Å²) in [5, 5.41) is 3.23. The van der Waals surface area contributed by atoms with E-state index in [0.717, 1.165) is 24.6 Å². The zero-order chi connectivity index (χ0) is 7.94. The summed E-state index contributed by atoms with van der Waals surface area (Å²) in [6, 6.07) is 0. The van der Waals surface area contributed by atoms with E-state index in [0.29, 0.717) is 0 Å². The highest BCUT2D eigenvalue weighted by Gasteiger charge is 1.93. The van der Waals surface area contributed by atoms with Crippen molar-refractivity contribution in [3.63, 3.8) is 0 Å². The molecule has 1 aromatic rings. The first-order valence-electron chi connectivity index (χ1n) is 3.50. The van der Waals surface area contributed by atoms with Gasteiger partial charge in [0.25, 0.3) is 0 Å². The summed E-state index contributed by atoms with van der Waals surface area (Å²) in [7, 11) is 0. The molecular formula is C7H12N2OS. The van der Waals surface area contributed by atoms with Crippen LogP contribution in [0.1, 0.15) is 5.76 Å². The number of nitrogens with one attached hydrogen (secondary N) is 1. The first kappa shape index (κ1) is 8.62. The van der Waals surface area contributed by atoms with Crippen molar-refractivity contribution in [2.75, 3.05) is 18.6 Å². The van der Waals surface area contributed by atoms with Gasteiger partial charge in [-0.15, -0.1) is 0 Å². The topological polar surface area (TPSA) is 38.1 Å². The molecule has 0 amide bonds. The Bertz CT molecular complexity index is 177. The Morgan fingerprint density at radius 2 is 2.64 bits per heavy atom. The Kier molecular flexibility index (Phi) is 4.08. The SMILES string of the molecule is CSCCNCc1cnco1. The Morgan fingerprint density at radius 1 is 1.73 bits per heavy atom. The van der Waals surface area contributed by atoms with Crippen molar-refractivity contribution in [1.82, 2.24) is 10.3 Å². The van der Waals surface area contributed by atoms with Gasteiger partial charge in [0.15, 0.2) is 6.39 Å². The van der Waals surface area contributed by atoms with Gasteiger partial charge in [0.1, 0.15) is 5.76 Å². The average molecular weight is 172 g/mol. The normalized spacial score (nSPS) is 10.3. The molecule has 11 heavy (non-hydrogen) atoms. The van der Waals surface area contributed by atoms with E-state index in [1.54, 1.807) is 6.20 Å². The molecule has 1 N–H and O–H groups in total. The molecule has 62 valence electrons. The van der Waals surface area contributed by atoms with Crippen molar-refractivity contribution in [2.45, 2.75) is 6.54 Å². The maximum Gasteiger partial charge on any atom is 0.180 e. The fourth-order valence-corrected chi connectivity index (χ4v) is 1.06. The van der Waals surface area contributed by atoms with E-state index in [1.807, 2.05) is 11.8 Å². The van der Waals surface area contributed by atoms with Gasteiger partial charge in [0.05, 0.1) is 12.7 Å². The Morgan fingerprint density at radius 3 is 3.27 bits per heavy atom. The van der Waals surface area contributed by atoms with Crippen LogP contribution >= 0.6 is 11.8 Å². The third-order valence-electron chi connectivity index (χ3n) is 1.27.